The molecule has 2 aromatic rings. The van der Waals surface area contributed by atoms with Crippen molar-refractivity contribution in [1.29, 1.82) is 0 Å². The first-order valence-corrected chi connectivity index (χ1v) is 9.51. The molecule has 148 valence electrons. The fourth-order valence-corrected chi connectivity index (χ4v) is 3.67. The second-order valence-electron chi connectivity index (χ2n) is 6.14. The number of halogens is 2. The highest BCUT2D eigenvalue weighted by Crippen LogP contribution is 2.29. The summed E-state index contributed by atoms with van der Waals surface area (Å²) in [5.41, 5.74) is 1.62. The zero-order chi connectivity index (χ0) is 18.4. The van der Waals surface area contributed by atoms with E-state index in [9.17, 15) is 4.39 Å². The molecule has 1 aromatic carbocycles. The van der Waals surface area contributed by atoms with Crippen LogP contribution in [-0.2, 0) is 24.2 Å². The third-order valence-corrected chi connectivity index (χ3v) is 5.21. The highest BCUT2D eigenvalue weighted by Gasteiger charge is 2.17. The van der Waals surface area contributed by atoms with Gasteiger partial charge in [-0.3, -0.25) is 4.99 Å². The van der Waals surface area contributed by atoms with E-state index in [0.29, 0.717) is 19.6 Å². The lowest BCUT2D eigenvalue weighted by atomic mass is 10.1. The topological polar surface area (TPSA) is 46.1 Å². The SMILES string of the molecule is CN=C(NCCc1cc(F)cc2c1OCOC2)N(C)CCc1cccs1.I. The fourth-order valence-electron chi connectivity index (χ4n) is 2.97. The quantitative estimate of drug-likeness (QED) is 0.370. The van der Waals surface area contributed by atoms with Crippen LogP contribution < -0.4 is 10.1 Å². The maximum atomic E-state index is 13.8. The van der Waals surface area contributed by atoms with Crippen LogP contribution in [0.3, 0.4) is 0 Å². The van der Waals surface area contributed by atoms with Crippen molar-refractivity contribution < 1.29 is 13.9 Å². The molecule has 0 spiro atoms. The van der Waals surface area contributed by atoms with Crippen molar-refractivity contribution in [3.8, 4) is 5.75 Å². The number of thiophene rings is 1. The predicted molar refractivity (Wildman–Crippen MR) is 118 cm³/mol. The summed E-state index contributed by atoms with van der Waals surface area (Å²) in [5.74, 6) is 1.32. The third kappa shape index (κ3) is 6.05. The number of fused-ring (bicyclic) bond motifs is 1. The number of aliphatic imine (C=N–C) groups is 1. The highest BCUT2D eigenvalue weighted by molar-refractivity contribution is 14.0. The number of hydrogen-bond donors (Lipinski definition) is 1. The molecule has 5 nitrogen and oxygen atoms in total. The number of rotatable bonds is 6. The molecule has 0 saturated heterocycles. The molecule has 1 aliphatic heterocycles. The Kier molecular flexibility index (Phi) is 8.78. The monoisotopic (exact) mass is 505 g/mol. The van der Waals surface area contributed by atoms with Crippen molar-refractivity contribution in [3.63, 3.8) is 0 Å². The number of ether oxygens (including phenoxy) is 2. The van der Waals surface area contributed by atoms with E-state index in [-0.39, 0.29) is 36.6 Å². The molecule has 0 fully saturated rings. The fraction of sp³-hybridized carbons (Fsp3) is 0.421. The van der Waals surface area contributed by atoms with E-state index in [2.05, 4.69) is 32.7 Å². The summed E-state index contributed by atoms with van der Waals surface area (Å²) in [6.07, 6.45) is 1.64. The van der Waals surface area contributed by atoms with E-state index >= 15 is 0 Å². The normalized spacial score (nSPS) is 13.4. The van der Waals surface area contributed by atoms with Crippen LogP contribution in [0.15, 0.2) is 34.6 Å². The molecular formula is C19H25FIN3O2S. The standard InChI is InChI=1S/C19H24FN3O2S.HI/c1-21-19(23(2)8-6-17-4-3-9-26-17)22-7-5-14-10-16(20)11-15-12-24-13-25-18(14)15;/h3-4,9-11H,5-8,12-13H2,1-2H3,(H,21,22);1H. The van der Waals surface area contributed by atoms with Crippen molar-refractivity contribution >= 4 is 41.3 Å². The average Bonchev–Trinajstić information content (AvgIpc) is 3.16. The van der Waals surface area contributed by atoms with E-state index < -0.39 is 0 Å². The maximum Gasteiger partial charge on any atom is 0.193 e. The Bertz CT molecular complexity index is 756. The molecule has 0 unspecified atom stereocenters. The first kappa shape index (κ1) is 21.9. The van der Waals surface area contributed by atoms with Crippen molar-refractivity contribution in [1.82, 2.24) is 10.2 Å². The number of guanidine groups is 1. The number of likely N-dealkylation sites (N-methyl/N-ethyl adjacent to an activating group) is 1. The van der Waals surface area contributed by atoms with Crippen LogP contribution in [0.25, 0.3) is 0 Å². The van der Waals surface area contributed by atoms with E-state index in [1.165, 1.54) is 17.0 Å². The molecule has 0 aliphatic carbocycles. The summed E-state index contributed by atoms with van der Waals surface area (Å²) in [6, 6.07) is 7.23. The van der Waals surface area contributed by atoms with Gasteiger partial charge in [0.25, 0.3) is 0 Å². The molecule has 8 heteroatoms. The molecule has 0 amide bonds. The van der Waals surface area contributed by atoms with E-state index in [1.807, 2.05) is 7.05 Å². The first-order chi connectivity index (χ1) is 12.7. The smallest absolute Gasteiger partial charge is 0.193 e. The number of hydrogen-bond acceptors (Lipinski definition) is 4. The second kappa shape index (κ2) is 10.8. The Balaban J connectivity index is 0.00000261. The molecule has 2 heterocycles. The highest BCUT2D eigenvalue weighted by atomic mass is 127. The van der Waals surface area contributed by atoms with Gasteiger partial charge in [0, 0.05) is 37.6 Å². The molecule has 0 bridgehead atoms. The average molecular weight is 505 g/mol. The van der Waals surface area contributed by atoms with Crippen LogP contribution in [0.1, 0.15) is 16.0 Å². The minimum absolute atomic E-state index is 0. The van der Waals surface area contributed by atoms with Gasteiger partial charge >= 0.3 is 0 Å². The molecule has 1 N–H and O–H groups in total. The molecule has 3 rings (SSSR count). The summed E-state index contributed by atoms with van der Waals surface area (Å²) in [7, 11) is 3.79. The van der Waals surface area contributed by atoms with Crippen LogP contribution in [-0.4, -0.2) is 44.8 Å². The van der Waals surface area contributed by atoms with Gasteiger partial charge in [-0.1, -0.05) is 6.07 Å². The van der Waals surface area contributed by atoms with Crippen molar-refractivity contribution in [2.75, 3.05) is 34.0 Å². The van der Waals surface area contributed by atoms with Gasteiger partial charge in [0.1, 0.15) is 11.6 Å². The van der Waals surface area contributed by atoms with E-state index in [4.69, 9.17) is 9.47 Å². The Labute approximate surface area is 180 Å². The Morgan fingerprint density at radius 3 is 2.96 bits per heavy atom. The van der Waals surface area contributed by atoms with Gasteiger partial charge in [-0.15, -0.1) is 35.3 Å². The Hall–Kier alpha value is -1.39. The van der Waals surface area contributed by atoms with Crippen molar-refractivity contribution in [2.24, 2.45) is 4.99 Å². The minimum atomic E-state index is -0.259. The summed E-state index contributed by atoms with van der Waals surface area (Å²) < 4.78 is 24.6. The van der Waals surface area contributed by atoms with Crippen molar-refractivity contribution in [2.45, 2.75) is 19.4 Å². The van der Waals surface area contributed by atoms with Crippen LogP contribution >= 0.6 is 35.3 Å². The Morgan fingerprint density at radius 2 is 2.22 bits per heavy atom. The molecule has 1 aliphatic rings. The van der Waals surface area contributed by atoms with Gasteiger partial charge in [0.15, 0.2) is 12.8 Å². The minimum Gasteiger partial charge on any atom is -0.467 e. The number of nitrogens with zero attached hydrogens (tertiary/aromatic N) is 2. The van der Waals surface area contributed by atoms with Gasteiger partial charge in [0.2, 0.25) is 0 Å². The second-order valence-corrected chi connectivity index (χ2v) is 7.17. The van der Waals surface area contributed by atoms with Gasteiger partial charge in [-0.05, 0) is 42.0 Å². The summed E-state index contributed by atoms with van der Waals surface area (Å²) in [5, 5.41) is 5.44. The lowest BCUT2D eigenvalue weighted by Crippen LogP contribution is -2.40. The molecule has 1 aromatic heterocycles. The molecule has 0 atom stereocenters. The van der Waals surface area contributed by atoms with Crippen LogP contribution in [0.5, 0.6) is 5.75 Å². The summed E-state index contributed by atoms with van der Waals surface area (Å²) in [6.45, 7) is 2.14. The van der Waals surface area contributed by atoms with Crippen molar-refractivity contribution in [3.05, 3.63) is 51.5 Å². The first-order valence-electron chi connectivity index (χ1n) is 8.63. The van der Waals surface area contributed by atoms with Crippen LogP contribution in [0, 0.1) is 5.82 Å². The van der Waals surface area contributed by atoms with Crippen LogP contribution in [0.2, 0.25) is 0 Å². The maximum absolute atomic E-state index is 13.8. The number of benzene rings is 1. The van der Waals surface area contributed by atoms with Gasteiger partial charge in [-0.25, -0.2) is 4.39 Å². The zero-order valence-electron chi connectivity index (χ0n) is 15.5. The molecular weight excluding hydrogens is 480 g/mol. The predicted octanol–water partition coefficient (Wildman–Crippen LogP) is 3.66. The molecule has 0 saturated carbocycles. The largest absolute Gasteiger partial charge is 0.467 e. The van der Waals surface area contributed by atoms with Crippen LogP contribution in [0.4, 0.5) is 4.39 Å². The summed E-state index contributed by atoms with van der Waals surface area (Å²) >= 11 is 1.77. The van der Waals surface area contributed by atoms with E-state index in [0.717, 1.165) is 35.8 Å². The summed E-state index contributed by atoms with van der Waals surface area (Å²) in [4.78, 5) is 7.80. The number of nitrogens with one attached hydrogen (secondary N) is 1. The van der Waals surface area contributed by atoms with Gasteiger partial charge in [0.05, 0.1) is 6.61 Å². The molecule has 0 radical (unpaired) electrons. The van der Waals surface area contributed by atoms with Gasteiger partial charge in [-0.2, -0.15) is 0 Å². The van der Waals surface area contributed by atoms with E-state index in [1.54, 1.807) is 18.4 Å². The molecule has 27 heavy (non-hydrogen) atoms. The Morgan fingerprint density at radius 1 is 1.37 bits per heavy atom. The lowest BCUT2D eigenvalue weighted by molar-refractivity contribution is -0.0172. The lowest BCUT2D eigenvalue weighted by Gasteiger charge is -2.23. The zero-order valence-corrected chi connectivity index (χ0v) is 18.7. The third-order valence-electron chi connectivity index (χ3n) is 4.28. The van der Waals surface area contributed by atoms with Gasteiger partial charge < -0.3 is 19.7 Å².